The third-order valence-corrected chi connectivity index (χ3v) is 5.63. The lowest BCUT2D eigenvalue weighted by atomic mass is 10.0. The first kappa shape index (κ1) is 24.1. The molecular formula is C25H25ClF3NO2. The average Bonchev–Trinajstić information content (AvgIpc) is 3.22. The Morgan fingerprint density at radius 1 is 0.906 bits per heavy atom. The Morgan fingerprint density at radius 2 is 1.56 bits per heavy atom. The molecule has 1 aliphatic heterocycles. The largest absolute Gasteiger partial charge is 0.457 e. The molecule has 1 saturated heterocycles. The highest BCUT2D eigenvalue weighted by molar-refractivity contribution is 5.85. The molecule has 3 aromatic carbocycles. The van der Waals surface area contributed by atoms with Gasteiger partial charge in [0.1, 0.15) is 11.5 Å². The van der Waals surface area contributed by atoms with Gasteiger partial charge in [0.05, 0.1) is 12.2 Å². The van der Waals surface area contributed by atoms with E-state index in [1.54, 1.807) is 30.3 Å². The van der Waals surface area contributed by atoms with Gasteiger partial charge in [-0.3, -0.25) is 4.90 Å². The first-order valence-electron chi connectivity index (χ1n) is 10.3. The maximum atomic E-state index is 12.9. The predicted molar refractivity (Wildman–Crippen MR) is 121 cm³/mol. The van der Waals surface area contributed by atoms with Crippen LogP contribution in [0.3, 0.4) is 0 Å². The van der Waals surface area contributed by atoms with Crippen molar-refractivity contribution < 1.29 is 23.0 Å². The molecule has 3 nitrogen and oxygen atoms in total. The summed E-state index contributed by atoms with van der Waals surface area (Å²) in [6, 6.07) is 20.4. The highest BCUT2D eigenvalue weighted by Crippen LogP contribution is 2.33. The zero-order valence-electron chi connectivity index (χ0n) is 17.4. The molecule has 0 unspecified atom stereocenters. The zero-order chi connectivity index (χ0) is 21.8. The van der Waals surface area contributed by atoms with Crippen LogP contribution in [-0.2, 0) is 12.7 Å². The van der Waals surface area contributed by atoms with Crippen LogP contribution >= 0.6 is 12.4 Å². The van der Waals surface area contributed by atoms with E-state index in [0.29, 0.717) is 22.6 Å². The molecule has 4 rings (SSSR count). The fourth-order valence-corrected chi connectivity index (χ4v) is 3.93. The molecule has 1 N–H and O–H groups in total. The van der Waals surface area contributed by atoms with Crippen molar-refractivity contribution in [2.75, 3.05) is 13.2 Å². The van der Waals surface area contributed by atoms with Gasteiger partial charge < -0.3 is 9.84 Å². The van der Waals surface area contributed by atoms with E-state index in [2.05, 4.69) is 4.90 Å². The van der Waals surface area contributed by atoms with Crippen LogP contribution in [0.5, 0.6) is 11.5 Å². The second kappa shape index (κ2) is 10.4. The molecule has 1 fully saturated rings. The maximum absolute atomic E-state index is 12.9. The van der Waals surface area contributed by atoms with Crippen molar-refractivity contribution in [3.05, 3.63) is 83.9 Å². The van der Waals surface area contributed by atoms with Crippen LogP contribution in [0.1, 0.15) is 24.0 Å². The van der Waals surface area contributed by atoms with Crippen molar-refractivity contribution in [1.29, 1.82) is 0 Å². The molecule has 1 heterocycles. The van der Waals surface area contributed by atoms with Gasteiger partial charge in [0.15, 0.2) is 0 Å². The Kier molecular flexibility index (Phi) is 7.82. The lowest BCUT2D eigenvalue weighted by Gasteiger charge is -2.22. The Morgan fingerprint density at radius 3 is 2.19 bits per heavy atom. The molecule has 32 heavy (non-hydrogen) atoms. The fourth-order valence-electron chi connectivity index (χ4n) is 3.93. The summed E-state index contributed by atoms with van der Waals surface area (Å²) in [6.45, 7) is 2.00. The van der Waals surface area contributed by atoms with Crippen LogP contribution in [0, 0.1) is 0 Å². The first-order valence-corrected chi connectivity index (χ1v) is 10.3. The lowest BCUT2D eigenvalue weighted by Crippen LogP contribution is -2.31. The number of ether oxygens (including phenoxy) is 1. The van der Waals surface area contributed by atoms with Crippen molar-refractivity contribution in [3.63, 3.8) is 0 Å². The quantitative estimate of drug-likeness (QED) is 0.450. The molecule has 0 aromatic heterocycles. The van der Waals surface area contributed by atoms with E-state index in [9.17, 15) is 18.3 Å². The van der Waals surface area contributed by atoms with Crippen LogP contribution < -0.4 is 4.74 Å². The molecular weight excluding hydrogens is 439 g/mol. The summed E-state index contributed by atoms with van der Waals surface area (Å²) in [5.74, 6) is 1.30. The standard InChI is InChI=1S/C25H24F3NO2.ClH/c26-25(27,28)21-4-1-3-20(15-21)19-8-12-24(13-9-19)31-23-10-6-18(7-11-23)16-29-14-2-5-22(29)17-30;/h1,3-4,6-13,15,22,30H,2,5,14,16-17H2;1H/t22-;/m1./s1. The average molecular weight is 464 g/mol. The van der Waals surface area contributed by atoms with Crippen LogP contribution in [0.4, 0.5) is 13.2 Å². The molecule has 0 radical (unpaired) electrons. The number of halogens is 4. The van der Waals surface area contributed by atoms with Crippen molar-refractivity contribution in [2.45, 2.75) is 31.6 Å². The fraction of sp³-hybridized carbons (Fsp3) is 0.280. The summed E-state index contributed by atoms with van der Waals surface area (Å²) in [5.41, 5.74) is 1.70. The summed E-state index contributed by atoms with van der Waals surface area (Å²) in [6.07, 6.45) is -2.21. The molecule has 3 aromatic rings. The van der Waals surface area contributed by atoms with E-state index in [1.165, 1.54) is 6.07 Å². The van der Waals surface area contributed by atoms with Gasteiger partial charge in [0.2, 0.25) is 0 Å². The number of likely N-dealkylation sites (tertiary alicyclic amines) is 1. The monoisotopic (exact) mass is 463 g/mol. The van der Waals surface area contributed by atoms with Gasteiger partial charge in [0, 0.05) is 12.6 Å². The van der Waals surface area contributed by atoms with Gasteiger partial charge in [-0.1, -0.05) is 36.4 Å². The molecule has 0 bridgehead atoms. The highest BCUT2D eigenvalue weighted by Gasteiger charge is 2.30. The number of hydrogen-bond acceptors (Lipinski definition) is 3. The molecule has 1 aliphatic rings. The minimum Gasteiger partial charge on any atom is -0.457 e. The third kappa shape index (κ3) is 5.82. The summed E-state index contributed by atoms with van der Waals surface area (Å²) in [7, 11) is 0. The number of aliphatic hydroxyl groups excluding tert-OH is 1. The Labute approximate surface area is 191 Å². The second-order valence-corrected chi connectivity index (χ2v) is 7.80. The van der Waals surface area contributed by atoms with Crippen molar-refractivity contribution >= 4 is 12.4 Å². The smallest absolute Gasteiger partial charge is 0.416 e. The minimum atomic E-state index is -4.36. The summed E-state index contributed by atoms with van der Waals surface area (Å²) < 4.78 is 44.7. The second-order valence-electron chi connectivity index (χ2n) is 7.80. The maximum Gasteiger partial charge on any atom is 0.416 e. The summed E-state index contributed by atoms with van der Waals surface area (Å²) >= 11 is 0. The van der Waals surface area contributed by atoms with Crippen LogP contribution in [-0.4, -0.2) is 29.2 Å². The zero-order valence-corrected chi connectivity index (χ0v) is 18.2. The van der Waals surface area contributed by atoms with E-state index < -0.39 is 11.7 Å². The van der Waals surface area contributed by atoms with Gasteiger partial charge >= 0.3 is 6.18 Å². The Balaban J connectivity index is 0.00000289. The van der Waals surface area contributed by atoms with E-state index >= 15 is 0 Å². The summed E-state index contributed by atoms with van der Waals surface area (Å²) in [5, 5.41) is 9.45. The van der Waals surface area contributed by atoms with E-state index in [4.69, 9.17) is 4.74 Å². The van der Waals surface area contributed by atoms with Crippen LogP contribution in [0.25, 0.3) is 11.1 Å². The Hall–Kier alpha value is -2.54. The van der Waals surface area contributed by atoms with Crippen LogP contribution in [0.2, 0.25) is 0 Å². The predicted octanol–water partition coefficient (Wildman–Crippen LogP) is 6.54. The van der Waals surface area contributed by atoms with E-state index in [-0.39, 0.29) is 25.1 Å². The first-order chi connectivity index (χ1) is 14.9. The minimum absolute atomic E-state index is 0. The van der Waals surface area contributed by atoms with E-state index in [0.717, 1.165) is 43.6 Å². The number of benzene rings is 3. The summed E-state index contributed by atoms with van der Waals surface area (Å²) in [4.78, 5) is 2.29. The van der Waals surface area contributed by atoms with Crippen LogP contribution in [0.15, 0.2) is 72.8 Å². The lowest BCUT2D eigenvalue weighted by molar-refractivity contribution is -0.137. The number of rotatable bonds is 6. The molecule has 0 amide bonds. The molecule has 0 saturated carbocycles. The van der Waals surface area contributed by atoms with Gasteiger partial charge in [-0.25, -0.2) is 0 Å². The van der Waals surface area contributed by atoms with E-state index in [1.807, 2.05) is 24.3 Å². The van der Waals surface area contributed by atoms with Gasteiger partial charge in [-0.2, -0.15) is 13.2 Å². The number of alkyl halides is 3. The number of hydrogen-bond donors (Lipinski definition) is 1. The topological polar surface area (TPSA) is 32.7 Å². The Bertz CT molecular complexity index is 1010. The van der Waals surface area contributed by atoms with Gasteiger partial charge in [-0.15, -0.1) is 12.4 Å². The van der Waals surface area contributed by atoms with Crippen molar-refractivity contribution in [1.82, 2.24) is 4.90 Å². The SMILES string of the molecule is Cl.OC[C@H]1CCCN1Cc1ccc(Oc2ccc(-c3cccc(C(F)(F)F)c3)cc2)cc1. The third-order valence-electron chi connectivity index (χ3n) is 5.63. The molecule has 7 heteroatoms. The number of nitrogens with zero attached hydrogens (tertiary/aromatic N) is 1. The molecule has 1 atom stereocenters. The van der Waals surface area contributed by atoms with Gasteiger partial charge in [-0.05, 0) is 72.5 Å². The molecule has 0 spiro atoms. The molecule has 0 aliphatic carbocycles. The molecule has 170 valence electrons. The number of aliphatic hydroxyl groups is 1. The van der Waals surface area contributed by atoms with Crippen molar-refractivity contribution in [2.24, 2.45) is 0 Å². The highest BCUT2D eigenvalue weighted by atomic mass is 35.5. The van der Waals surface area contributed by atoms with Gasteiger partial charge in [0.25, 0.3) is 0 Å². The normalized spacial score (nSPS) is 16.6. The van der Waals surface area contributed by atoms with Crippen molar-refractivity contribution in [3.8, 4) is 22.6 Å².